The SMILES string of the molecule is c1ccc(-n2c3ccccc3c3cc(-c4ccc5c(c4)c4cc(-c6ccc7c(c6)c6ccccc6n7-c6ccccc6)ccc4n5-c4cccc(-c5nc(-c6ccccn6)nc(-c6ccccn6)n5)c4)ccc32)cc1. The monoisotopic (exact) mass is 958 g/mol. The van der Waals surface area contributed by atoms with Crippen LogP contribution in [0.3, 0.4) is 0 Å². The van der Waals surface area contributed by atoms with Crippen LogP contribution in [0.4, 0.5) is 0 Å². The summed E-state index contributed by atoms with van der Waals surface area (Å²) >= 11 is 0. The fourth-order valence-corrected chi connectivity index (χ4v) is 11.2. The lowest BCUT2D eigenvalue weighted by molar-refractivity contribution is 1.04. The lowest BCUT2D eigenvalue weighted by Gasteiger charge is -2.12. The minimum absolute atomic E-state index is 0.481. The van der Waals surface area contributed by atoms with E-state index in [0.717, 1.165) is 66.7 Å². The highest BCUT2D eigenvalue weighted by Gasteiger charge is 2.20. The minimum atomic E-state index is 0.481. The first-order chi connectivity index (χ1) is 37.2. The van der Waals surface area contributed by atoms with Gasteiger partial charge >= 0.3 is 0 Å². The molecule has 0 fully saturated rings. The molecule has 0 atom stereocenters. The first-order valence-electron chi connectivity index (χ1n) is 25.1. The van der Waals surface area contributed by atoms with Crippen LogP contribution in [0.1, 0.15) is 0 Å². The minimum Gasteiger partial charge on any atom is -0.309 e. The Kier molecular flexibility index (Phi) is 9.71. The number of para-hydroxylation sites is 4. The number of hydrogen-bond acceptors (Lipinski definition) is 5. The van der Waals surface area contributed by atoms with Gasteiger partial charge in [-0.25, -0.2) is 15.0 Å². The van der Waals surface area contributed by atoms with Crippen molar-refractivity contribution in [1.29, 1.82) is 0 Å². The second-order valence-corrected chi connectivity index (χ2v) is 18.9. The highest BCUT2D eigenvalue weighted by molar-refractivity contribution is 6.14. The molecule has 0 aliphatic heterocycles. The van der Waals surface area contributed by atoms with Crippen molar-refractivity contribution in [2.45, 2.75) is 0 Å². The van der Waals surface area contributed by atoms with Gasteiger partial charge in [0.1, 0.15) is 11.4 Å². The maximum atomic E-state index is 5.03. The smallest absolute Gasteiger partial charge is 0.182 e. The third kappa shape index (κ3) is 7.03. The normalized spacial score (nSPS) is 11.7. The molecule has 15 rings (SSSR count). The second-order valence-electron chi connectivity index (χ2n) is 18.9. The number of rotatable bonds is 8. The maximum absolute atomic E-state index is 5.03. The topological polar surface area (TPSA) is 79.2 Å². The average molecular weight is 959 g/mol. The fraction of sp³-hybridized carbons (Fsp3) is 0. The third-order valence-corrected chi connectivity index (χ3v) is 14.6. The van der Waals surface area contributed by atoms with Crippen LogP contribution in [-0.4, -0.2) is 38.6 Å². The molecule has 0 aliphatic carbocycles. The number of hydrogen-bond donors (Lipinski definition) is 0. The Morgan fingerprint density at radius 3 is 1.03 bits per heavy atom. The molecule has 0 saturated heterocycles. The van der Waals surface area contributed by atoms with E-state index in [-0.39, 0.29) is 0 Å². The summed E-state index contributed by atoms with van der Waals surface area (Å²) in [5.74, 6) is 1.50. The lowest BCUT2D eigenvalue weighted by Crippen LogP contribution is -2.02. The van der Waals surface area contributed by atoms with Gasteiger partial charge in [0.15, 0.2) is 17.5 Å². The molecule has 0 saturated carbocycles. The summed E-state index contributed by atoms with van der Waals surface area (Å²) in [5.41, 5.74) is 16.9. The van der Waals surface area contributed by atoms with E-state index in [0.29, 0.717) is 28.9 Å². The molecule has 6 aromatic heterocycles. The molecule has 0 amide bonds. The van der Waals surface area contributed by atoms with Crippen LogP contribution >= 0.6 is 0 Å². The summed E-state index contributed by atoms with van der Waals surface area (Å²) in [6.45, 7) is 0. The van der Waals surface area contributed by atoms with Gasteiger partial charge in [0.05, 0.1) is 33.1 Å². The van der Waals surface area contributed by atoms with Gasteiger partial charge in [-0.1, -0.05) is 121 Å². The molecule has 0 radical (unpaired) electrons. The summed E-state index contributed by atoms with van der Waals surface area (Å²) in [4.78, 5) is 24.1. The van der Waals surface area contributed by atoms with Crippen LogP contribution in [0.25, 0.3) is 139 Å². The molecule has 0 spiro atoms. The molecule has 6 heterocycles. The summed E-state index contributed by atoms with van der Waals surface area (Å²) < 4.78 is 7.11. The van der Waals surface area contributed by atoms with E-state index in [4.69, 9.17) is 15.0 Å². The zero-order valence-corrected chi connectivity index (χ0v) is 40.3. The zero-order valence-electron chi connectivity index (χ0n) is 40.3. The lowest BCUT2D eigenvalue weighted by atomic mass is 9.98. The summed E-state index contributed by atoms with van der Waals surface area (Å²) in [5, 5.41) is 7.18. The van der Waals surface area contributed by atoms with Crippen LogP contribution < -0.4 is 0 Å². The fourth-order valence-electron chi connectivity index (χ4n) is 11.2. The number of fused-ring (bicyclic) bond motifs is 9. The van der Waals surface area contributed by atoms with Crippen LogP contribution in [0, 0.1) is 0 Å². The maximum Gasteiger partial charge on any atom is 0.182 e. The van der Waals surface area contributed by atoms with Crippen molar-refractivity contribution in [3.05, 3.63) is 255 Å². The molecular weight excluding hydrogens is 917 g/mol. The Morgan fingerprint density at radius 1 is 0.227 bits per heavy atom. The van der Waals surface area contributed by atoms with E-state index < -0.39 is 0 Å². The molecule has 0 bridgehead atoms. The molecule has 350 valence electrons. The van der Waals surface area contributed by atoms with Crippen molar-refractivity contribution in [1.82, 2.24) is 38.6 Å². The Labute approximate surface area is 430 Å². The van der Waals surface area contributed by atoms with Crippen LogP contribution in [0.5, 0.6) is 0 Å². The van der Waals surface area contributed by atoms with Gasteiger partial charge in [0.2, 0.25) is 0 Å². The molecule has 9 aromatic carbocycles. The summed E-state index contributed by atoms with van der Waals surface area (Å²) in [7, 11) is 0. The van der Waals surface area contributed by atoms with E-state index in [1.165, 1.54) is 43.6 Å². The van der Waals surface area contributed by atoms with Gasteiger partial charge in [0, 0.05) is 67.3 Å². The predicted octanol–water partition coefficient (Wildman–Crippen LogP) is 16.3. The number of pyridine rings is 2. The van der Waals surface area contributed by atoms with Crippen molar-refractivity contribution >= 4 is 65.4 Å². The highest BCUT2D eigenvalue weighted by atomic mass is 15.1. The van der Waals surface area contributed by atoms with E-state index in [1.807, 2.05) is 36.4 Å². The largest absolute Gasteiger partial charge is 0.309 e. The highest BCUT2D eigenvalue weighted by Crippen LogP contribution is 2.41. The Morgan fingerprint density at radius 2 is 0.587 bits per heavy atom. The van der Waals surface area contributed by atoms with E-state index in [2.05, 4.69) is 230 Å². The van der Waals surface area contributed by atoms with Gasteiger partial charge in [-0.15, -0.1) is 0 Å². The van der Waals surface area contributed by atoms with Gasteiger partial charge in [-0.05, 0) is 144 Å². The first-order valence-corrected chi connectivity index (χ1v) is 25.1. The summed E-state index contributed by atoms with van der Waals surface area (Å²) in [6.07, 6.45) is 3.51. The Hall–Kier alpha value is -10.3. The predicted molar refractivity (Wildman–Crippen MR) is 306 cm³/mol. The number of nitrogens with zero attached hydrogens (tertiary/aromatic N) is 8. The first kappa shape index (κ1) is 42.4. The number of benzene rings is 9. The Balaban J connectivity index is 0.922. The third-order valence-electron chi connectivity index (χ3n) is 14.6. The molecular formula is C67H42N8. The van der Waals surface area contributed by atoms with E-state index >= 15 is 0 Å². The second kappa shape index (κ2) is 17.2. The molecule has 0 aliphatic rings. The molecule has 0 N–H and O–H groups in total. The quantitative estimate of drug-likeness (QED) is 0.152. The van der Waals surface area contributed by atoms with Gasteiger partial charge in [-0.2, -0.15) is 0 Å². The molecule has 8 nitrogen and oxygen atoms in total. The van der Waals surface area contributed by atoms with Crippen molar-refractivity contribution in [2.75, 3.05) is 0 Å². The summed E-state index contributed by atoms with van der Waals surface area (Å²) in [6, 6.07) is 86.3. The molecule has 75 heavy (non-hydrogen) atoms. The molecule has 0 unspecified atom stereocenters. The van der Waals surface area contributed by atoms with Crippen molar-refractivity contribution in [3.8, 4) is 73.7 Å². The van der Waals surface area contributed by atoms with E-state index in [9.17, 15) is 0 Å². The zero-order chi connectivity index (χ0) is 49.4. The van der Waals surface area contributed by atoms with Crippen LogP contribution in [0.2, 0.25) is 0 Å². The van der Waals surface area contributed by atoms with Crippen molar-refractivity contribution in [3.63, 3.8) is 0 Å². The van der Waals surface area contributed by atoms with Gasteiger partial charge < -0.3 is 13.7 Å². The molecule has 8 heteroatoms. The van der Waals surface area contributed by atoms with Gasteiger partial charge in [-0.3, -0.25) is 9.97 Å². The van der Waals surface area contributed by atoms with Crippen molar-refractivity contribution < 1.29 is 0 Å². The number of aromatic nitrogens is 8. The standard InChI is InChI=1S/C67H42N8/c1-3-17-48(18-4-1)73-59-26-9-7-22-51(59)53-39-43(28-32-61(53)73)45-30-34-63-55(41-45)56-42-46(44-29-33-62-54(40-44)52-23-8-10-27-60(52)74(62)49-19-5-2-6-20-49)31-35-64(56)75(63)50-21-15-16-47(38-50)65-70-66(57-24-11-13-36-68-57)72-67(71-65)58-25-12-14-37-69-58/h1-42H. The van der Waals surface area contributed by atoms with E-state index in [1.54, 1.807) is 12.4 Å². The molecule has 15 aromatic rings. The average Bonchev–Trinajstić information content (AvgIpc) is 4.18. The van der Waals surface area contributed by atoms with Gasteiger partial charge in [0.25, 0.3) is 0 Å². The van der Waals surface area contributed by atoms with Crippen molar-refractivity contribution in [2.24, 2.45) is 0 Å². The van der Waals surface area contributed by atoms with Crippen LogP contribution in [0.15, 0.2) is 255 Å². The Bertz CT molecular complexity index is 4420. The van der Waals surface area contributed by atoms with Crippen LogP contribution in [-0.2, 0) is 0 Å².